The first-order valence-electron chi connectivity index (χ1n) is 22.6. The van der Waals surface area contributed by atoms with Gasteiger partial charge in [-0.2, -0.15) is 0 Å². The Morgan fingerprint density at radius 3 is 1.73 bits per heavy atom. The van der Waals surface area contributed by atoms with Crippen LogP contribution in [0.2, 0.25) is 0 Å². The quantitative estimate of drug-likeness (QED) is 0.164. The van der Waals surface area contributed by atoms with E-state index in [-0.39, 0.29) is 11.3 Å². The zero-order valence-electron chi connectivity index (χ0n) is 35.3. The lowest BCUT2D eigenvalue weighted by Gasteiger charge is -2.25. The molecule has 0 fully saturated rings. The minimum absolute atomic E-state index is 0.155. The molecule has 1 atom stereocenters. The second-order valence-corrected chi connectivity index (χ2v) is 19.0. The Bertz CT molecular complexity index is 3890. The fraction of sp³-hybridized carbons (Fsp3) is 0.0968. The van der Waals surface area contributed by atoms with Crippen molar-refractivity contribution >= 4 is 43.4 Å². The van der Waals surface area contributed by atoms with E-state index in [1.807, 2.05) is 0 Å². The van der Waals surface area contributed by atoms with Gasteiger partial charge in [0.2, 0.25) is 0 Å². The largest absolute Gasteiger partial charge is 0.309 e. The van der Waals surface area contributed by atoms with Crippen molar-refractivity contribution in [1.29, 1.82) is 0 Å². The van der Waals surface area contributed by atoms with Gasteiger partial charge in [0, 0.05) is 34.2 Å². The Balaban J connectivity index is 0.929. The van der Waals surface area contributed by atoms with Crippen molar-refractivity contribution in [1.82, 2.24) is 4.57 Å². The molecule has 0 saturated carbocycles. The van der Waals surface area contributed by atoms with Gasteiger partial charge in [-0.3, -0.25) is 0 Å². The summed E-state index contributed by atoms with van der Waals surface area (Å²) in [5.41, 5.74) is 27.7. The summed E-state index contributed by atoms with van der Waals surface area (Å²) in [5, 5.41) is 8.10. The van der Waals surface area contributed by atoms with Crippen LogP contribution in [0.25, 0.3) is 93.5 Å². The average Bonchev–Trinajstić information content (AvgIpc) is 4.13. The van der Waals surface area contributed by atoms with Crippen LogP contribution in [-0.4, -0.2) is 4.57 Å². The van der Waals surface area contributed by atoms with Gasteiger partial charge in [-0.1, -0.05) is 178 Å². The van der Waals surface area contributed by atoms with Crippen molar-refractivity contribution in [2.75, 3.05) is 0 Å². The molecule has 4 aliphatic carbocycles. The normalized spacial score (nSPS) is 15.6. The average molecular weight is 800 g/mol. The Kier molecular flexibility index (Phi) is 6.45. The summed E-state index contributed by atoms with van der Waals surface area (Å²) in [6.07, 6.45) is 1.91. The van der Waals surface area contributed by atoms with Gasteiger partial charge in [0.25, 0.3) is 0 Å². The highest BCUT2D eigenvalue weighted by Crippen LogP contribution is 2.59. The summed E-state index contributed by atoms with van der Waals surface area (Å²) in [4.78, 5) is 0. The third-order valence-electron chi connectivity index (χ3n) is 15.7. The molecule has 1 aromatic heterocycles. The van der Waals surface area contributed by atoms with Crippen molar-refractivity contribution in [3.63, 3.8) is 0 Å². The highest BCUT2D eigenvalue weighted by Gasteiger charge is 2.41. The van der Waals surface area contributed by atoms with Crippen LogP contribution in [0.4, 0.5) is 0 Å². The van der Waals surface area contributed by atoms with Gasteiger partial charge in [-0.25, -0.2) is 0 Å². The number of nitrogens with zero attached hydrogens (tertiary/aromatic N) is 1. The molecule has 1 unspecified atom stereocenters. The van der Waals surface area contributed by atoms with Crippen LogP contribution in [0.15, 0.2) is 182 Å². The van der Waals surface area contributed by atoms with Crippen molar-refractivity contribution in [2.24, 2.45) is 0 Å². The molecule has 0 amide bonds. The van der Waals surface area contributed by atoms with E-state index in [4.69, 9.17) is 0 Å². The van der Waals surface area contributed by atoms with Gasteiger partial charge >= 0.3 is 0 Å². The lowest BCUT2D eigenvalue weighted by molar-refractivity contribution is 0.658. The number of rotatable bonds is 2. The fourth-order valence-electron chi connectivity index (χ4n) is 13.1. The highest BCUT2D eigenvalue weighted by molar-refractivity contribution is 6.26. The topological polar surface area (TPSA) is 4.93 Å². The van der Waals surface area contributed by atoms with Crippen molar-refractivity contribution in [2.45, 2.75) is 38.0 Å². The lowest BCUT2D eigenvalue weighted by atomic mass is 9.79. The van der Waals surface area contributed by atoms with E-state index in [1.54, 1.807) is 0 Å². The number of hydrogen-bond donors (Lipinski definition) is 0. The maximum Gasteiger partial charge on any atom is 0.0589 e. The number of aromatic nitrogens is 1. The molecule has 0 spiro atoms. The summed E-state index contributed by atoms with van der Waals surface area (Å²) in [6, 6.07) is 69.5. The number of para-hydroxylation sites is 1. The van der Waals surface area contributed by atoms with E-state index in [2.05, 4.69) is 200 Å². The van der Waals surface area contributed by atoms with Crippen molar-refractivity contribution < 1.29 is 0 Å². The Hall–Kier alpha value is -7.48. The molecular formula is C62H41N. The number of hydrogen-bond acceptors (Lipinski definition) is 0. The maximum absolute atomic E-state index is 2.60. The molecule has 1 heterocycles. The van der Waals surface area contributed by atoms with Gasteiger partial charge in [-0.15, -0.1) is 0 Å². The Morgan fingerprint density at radius 1 is 0.444 bits per heavy atom. The minimum Gasteiger partial charge on any atom is -0.309 e. The zero-order valence-corrected chi connectivity index (χ0v) is 35.3. The van der Waals surface area contributed by atoms with Gasteiger partial charge < -0.3 is 4.57 Å². The van der Waals surface area contributed by atoms with E-state index in [0.717, 1.165) is 12.8 Å². The van der Waals surface area contributed by atoms with Gasteiger partial charge in [0.15, 0.2) is 0 Å². The molecule has 0 aliphatic heterocycles. The molecule has 0 N–H and O–H groups in total. The van der Waals surface area contributed by atoms with Crippen LogP contribution in [0.3, 0.4) is 0 Å². The lowest BCUT2D eigenvalue weighted by Crippen LogP contribution is -2.16. The van der Waals surface area contributed by atoms with E-state index in [9.17, 15) is 0 Å². The van der Waals surface area contributed by atoms with Gasteiger partial charge in [0.1, 0.15) is 0 Å². The molecule has 10 aromatic carbocycles. The molecule has 0 radical (unpaired) electrons. The van der Waals surface area contributed by atoms with Crippen LogP contribution in [0.1, 0.15) is 69.8 Å². The van der Waals surface area contributed by atoms with Crippen LogP contribution in [0, 0.1) is 0 Å². The molecule has 4 aliphatic rings. The fourth-order valence-corrected chi connectivity index (χ4v) is 13.1. The van der Waals surface area contributed by atoms with Crippen LogP contribution in [-0.2, 0) is 18.3 Å². The van der Waals surface area contributed by atoms with Gasteiger partial charge in [-0.05, 0) is 141 Å². The first kappa shape index (κ1) is 34.1. The Morgan fingerprint density at radius 2 is 0.984 bits per heavy atom. The zero-order chi connectivity index (χ0) is 41.3. The summed E-state index contributed by atoms with van der Waals surface area (Å²) in [5.74, 6) is 0.155. The summed E-state index contributed by atoms with van der Waals surface area (Å²) in [6.45, 7) is 4.91. The van der Waals surface area contributed by atoms with E-state index in [0.29, 0.717) is 0 Å². The molecule has 1 heteroatoms. The summed E-state index contributed by atoms with van der Waals surface area (Å²) >= 11 is 0. The smallest absolute Gasteiger partial charge is 0.0589 e. The highest BCUT2D eigenvalue weighted by atomic mass is 15.0. The third kappa shape index (κ3) is 4.23. The number of fused-ring (bicyclic) bond motifs is 23. The van der Waals surface area contributed by atoms with E-state index < -0.39 is 0 Å². The minimum atomic E-state index is -0.206. The SMILES string of the molecule is CC1(C)c2cc(C3c4ccccc4-c4c3c3c(c5ccccc45)-c4ccccc4C3)ccc2-c2ccc(-n3c4ccccc4c4c5ccccc5c5c(c43)Cc3ccccc3-5)cc21. The molecule has 0 saturated heterocycles. The molecule has 63 heavy (non-hydrogen) atoms. The van der Waals surface area contributed by atoms with E-state index in [1.165, 1.54) is 144 Å². The van der Waals surface area contributed by atoms with Crippen LogP contribution in [0.5, 0.6) is 0 Å². The standard InChI is InChI=1S/C62H41N/c1-62(2)52-33-37(55-43-19-7-10-22-46(43)58-47-23-11-8-20-44(47)56-39-17-5-3-15-35(39)31-50(56)60(55)58)27-29-41(52)42-30-28-38(34-53(42)62)63-54-26-14-13-25-49(54)59-48-24-12-9-21-45(48)57-40-18-6-4-16-36(40)32-51(57)61(59)63/h3-30,33-34,55H,31-32H2,1-2H3. The second-order valence-electron chi connectivity index (χ2n) is 19.0. The molecule has 1 nitrogen and oxygen atoms in total. The third-order valence-corrected chi connectivity index (χ3v) is 15.7. The van der Waals surface area contributed by atoms with Crippen LogP contribution >= 0.6 is 0 Å². The number of benzene rings is 10. The first-order chi connectivity index (χ1) is 31.0. The summed E-state index contributed by atoms with van der Waals surface area (Å²) in [7, 11) is 0. The first-order valence-corrected chi connectivity index (χ1v) is 22.6. The Labute approximate surface area is 366 Å². The molecule has 11 aromatic rings. The summed E-state index contributed by atoms with van der Waals surface area (Å²) < 4.78 is 2.60. The molecule has 15 rings (SSSR count). The van der Waals surface area contributed by atoms with Crippen molar-refractivity contribution in [3.8, 4) is 50.2 Å². The molecule has 294 valence electrons. The predicted molar refractivity (Wildman–Crippen MR) is 263 cm³/mol. The maximum atomic E-state index is 2.60. The van der Waals surface area contributed by atoms with Gasteiger partial charge in [0.05, 0.1) is 11.0 Å². The van der Waals surface area contributed by atoms with Crippen LogP contribution < -0.4 is 0 Å². The second kappa shape index (κ2) is 11.9. The van der Waals surface area contributed by atoms with E-state index >= 15 is 0 Å². The predicted octanol–water partition coefficient (Wildman–Crippen LogP) is 15.7. The molecular weight excluding hydrogens is 759 g/mol. The monoisotopic (exact) mass is 799 g/mol. The van der Waals surface area contributed by atoms with Crippen molar-refractivity contribution in [3.05, 3.63) is 232 Å². The molecule has 0 bridgehead atoms.